The van der Waals surface area contributed by atoms with Crippen LogP contribution in [0.2, 0.25) is 0 Å². The Hall–Kier alpha value is 0.310. The second-order valence-electron chi connectivity index (χ2n) is 5.18. The number of hydrogen-bond acceptors (Lipinski definition) is 2. The van der Waals surface area contributed by atoms with Crippen molar-refractivity contribution in [3.05, 3.63) is 0 Å². The molecule has 1 N–H and O–H groups in total. The molecule has 0 saturated heterocycles. The van der Waals surface area contributed by atoms with Crippen LogP contribution in [0.15, 0.2) is 0 Å². The third kappa shape index (κ3) is 7.24. The summed E-state index contributed by atoms with van der Waals surface area (Å²) < 4.78 is 0. The molecule has 90 valence electrons. The van der Waals surface area contributed by atoms with E-state index < -0.39 is 0 Å². The lowest BCUT2D eigenvalue weighted by Gasteiger charge is -2.09. The van der Waals surface area contributed by atoms with Gasteiger partial charge in [-0.2, -0.15) is 11.8 Å². The Kier molecular flexibility index (Phi) is 7.54. The standard InChI is InChI=1S/C13H27NS/c1-12(2)10-14-8-5-9-15-11-13-6-3-4-7-13/h12-14H,3-11H2,1-2H3. The SMILES string of the molecule is CC(C)CNCCCSCC1CCCC1. The fraction of sp³-hybridized carbons (Fsp3) is 1.00. The van der Waals surface area contributed by atoms with Crippen molar-refractivity contribution in [3.63, 3.8) is 0 Å². The van der Waals surface area contributed by atoms with Crippen molar-refractivity contribution < 1.29 is 0 Å². The van der Waals surface area contributed by atoms with Crippen LogP contribution < -0.4 is 5.32 Å². The molecule has 2 heteroatoms. The fourth-order valence-corrected chi connectivity index (χ4v) is 3.30. The minimum absolute atomic E-state index is 0.788. The first kappa shape index (κ1) is 13.4. The van der Waals surface area contributed by atoms with Crippen molar-refractivity contribution in [2.75, 3.05) is 24.6 Å². The van der Waals surface area contributed by atoms with Crippen molar-refractivity contribution in [2.24, 2.45) is 11.8 Å². The molecule has 0 spiro atoms. The summed E-state index contributed by atoms with van der Waals surface area (Å²) in [5, 5.41) is 3.50. The highest BCUT2D eigenvalue weighted by Crippen LogP contribution is 2.27. The second-order valence-corrected chi connectivity index (χ2v) is 6.33. The predicted octanol–water partition coefficient (Wildman–Crippen LogP) is 3.55. The Morgan fingerprint density at radius 3 is 2.67 bits per heavy atom. The highest BCUT2D eigenvalue weighted by Gasteiger charge is 2.13. The maximum absolute atomic E-state index is 3.50. The molecule has 1 aliphatic rings. The molecule has 1 aliphatic carbocycles. The average Bonchev–Trinajstić information content (AvgIpc) is 2.68. The Morgan fingerprint density at radius 1 is 1.27 bits per heavy atom. The van der Waals surface area contributed by atoms with Gasteiger partial charge in [0, 0.05) is 0 Å². The van der Waals surface area contributed by atoms with Crippen molar-refractivity contribution in [1.29, 1.82) is 0 Å². The van der Waals surface area contributed by atoms with Gasteiger partial charge in [0.2, 0.25) is 0 Å². The maximum Gasteiger partial charge on any atom is -0.00258 e. The van der Waals surface area contributed by atoms with Gasteiger partial charge in [0.25, 0.3) is 0 Å². The number of rotatable bonds is 8. The van der Waals surface area contributed by atoms with Gasteiger partial charge in [-0.3, -0.25) is 0 Å². The van der Waals surface area contributed by atoms with Crippen LogP contribution in [0, 0.1) is 11.8 Å². The summed E-state index contributed by atoms with van der Waals surface area (Å²) in [4.78, 5) is 0. The van der Waals surface area contributed by atoms with Gasteiger partial charge in [0.1, 0.15) is 0 Å². The molecule has 1 saturated carbocycles. The van der Waals surface area contributed by atoms with Crippen LogP contribution in [0.25, 0.3) is 0 Å². The minimum Gasteiger partial charge on any atom is -0.316 e. The van der Waals surface area contributed by atoms with Gasteiger partial charge in [-0.15, -0.1) is 0 Å². The van der Waals surface area contributed by atoms with Crippen LogP contribution in [-0.2, 0) is 0 Å². The molecule has 0 aliphatic heterocycles. The Balaban J connectivity index is 1.76. The summed E-state index contributed by atoms with van der Waals surface area (Å²) in [6.45, 7) is 6.91. The molecule has 0 atom stereocenters. The van der Waals surface area contributed by atoms with E-state index in [-0.39, 0.29) is 0 Å². The van der Waals surface area contributed by atoms with E-state index >= 15 is 0 Å². The van der Waals surface area contributed by atoms with Crippen LogP contribution in [-0.4, -0.2) is 24.6 Å². The molecule has 0 radical (unpaired) electrons. The van der Waals surface area contributed by atoms with E-state index in [4.69, 9.17) is 0 Å². The van der Waals surface area contributed by atoms with Crippen LogP contribution >= 0.6 is 11.8 Å². The van der Waals surface area contributed by atoms with Crippen LogP contribution in [0.5, 0.6) is 0 Å². The van der Waals surface area contributed by atoms with E-state index in [0.717, 1.165) is 11.8 Å². The van der Waals surface area contributed by atoms with Gasteiger partial charge < -0.3 is 5.32 Å². The minimum atomic E-state index is 0.788. The van der Waals surface area contributed by atoms with Crippen molar-refractivity contribution in [3.8, 4) is 0 Å². The normalized spacial score (nSPS) is 17.8. The van der Waals surface area contributed by atoms with Gasteiger partial charge in [-0.1, -0.05) is 26.7 Å². The van der Waals surface area contributed by atoms with Crippen LogP contribution in [0.4, 0.5) is 0 Å². The van der Waals surface area contributed by atoms with E-state index in [1.165, 1.54) is 56.7 Å². The molecule has 0 amide bonds. The van der Waals surface area contributed by atoms with Gasteiger partial charge >= 0.3 is 0 Å². The summed E-state index contributed by atoms with van der Waals surface area (Å²) in [6.07, 6.45) is 7.31. The largest absolute Gasteiger partial charge is 0.316 e. The zero-order valence-corrected chi connectivity index (χ0v) is 11.2. The first-order valence-corrected chi connectivity index (χ1v) is 7.73. The summed E-state index contributed by atoms with van der Waals surface area (Å²) >= 11 is 2.17. The summed E-state index contributed by atoms with van der Waals surface area (Å²) in [7, 11) is 0. The average molecular weight is 229 g/mol. The summed E-state index contributed by atoms with van der Waals surface area (Å²) in [5.74, 6) is 4.61. The van der Waals surface area contributed by atoms with Gasteiger partial charge in [-0.25, -0.2) is 0 Å². The Morgan fingerprint density at radius 2 is 2.00 bits per heavy atom. The Labute approximate surface area is 99.8 Å². The van der Waals surface area contributed by atoms with Crippen molar-refractivity contribution >= 4 is 11.8 Å². The molecule has 0 bridgehead atoms. The molecule has 0 aromatic heterocycles. The summed E-state index contributed by atoms with van der Waals surface area (Å²) in [5.41, 5.74) is 0. The molecule has 1 rings (SSSR count). The van der Waals surface area contributed by atoms with Crippen LogP contribution in [0.1, 0.15) is 46.0 Å². The predicted molar refractivity (Wildman–Crippen MR) is 71.6 cm³/mol. The zero-order chi connectivity index (χ0) is 10.9. The fourth-order valence-electron chi connectivity index (χ4n) is 2.12. The van der Waals surface area contributed by atoms with Gasteiger partial charge in [-0.05, 0) is 55.7 Å². The molecular formula is C13H27NS. The van der Waals surface area contributed by atoms with E-state index in [1.807, 2.05) is 0 Å². The lowest BCUT2D eigenvalue weighted by atomic mass is 10.1. The smallest absolute Gasteiger partial charge is 0.00258 e. The lowest BCUT2D eigenvalue weighted by Crippen LogP contribution is -2.21. The molecule has 0 unspecified atom stereocenters. The Bertz CT molecular complexity index is 141. The quantitative estimate of drug-likeness (QED) is 0.639. The van der Waals surface area contributed by atoms with Gasteiger partial charge in [0.05, 0.1) is 0 Å². The van der Waals surface area contributed by atoms with Crippen molar-refractivity contribution in [2.45, 2.75) is 46.0 Å². The maximum atomic E-state index is 3.50. The molecule has 0 heterocycles. The first-order chi connectivity index (χ1) is 7.29. The number of hydrogen-bond donors (Lipinski definition) is 1. The third-order valence-corrected chi connectivity index (χ3v) is 4.31. The zero-order valence-electron chi connectivity index (χ0n) is 10.4. The third-order valence-electron chi connectivity index (χ3n) is 3.02. The molecule has 15 heavy (non-hydrogen) atoms. The van der Waals surface area contributed by atoms with Crippen LogP contribution in [0.3, 0.4) is 0 Å². The molecule has 1 nitrogen and oxygen atoms in total. The first-order valence-electron chi connectivity index (χ1n) is 6.57. The number of nitrogens with one attached hydrogen (secondary N) is 1. The van der Waals surface area contributed by atoms with E-state index in [2.05, 4.69) is 30.9 Å². The van der Waals surface area contributed by atoms with E-state index in [1.54, 1.807) is 0 Å². The molecule has 0 aromatic carbocycles. The molecule has 1 fully saturated rings. The molecule has 0 aromatic rings. The number of thioether (sulfide) groups is 1. The van der Waals surface area contributed by atoms with Gasteiger partial charge in [0.15, 0.2) is 0 Å². The molecular weight excluding hydrogens is 202 g/mol. The highest BCUT2D eigenvalue weighted by atomic mass is 32.2. The highest BCUT2D eigenvalue weighted by molar-refractivity contribution is 7.99. The van der Waals surface area contributed by atoms with E-state index in [9.17, 15) is 0 Å². The second kappa shape index (κ2) is 8.46. The summed E-state index contributed by atoms with van der Waals surface area (Å²) in [6, 6.07) is 0. The van der Waals surface area contributed by atoms with Crippen molar-refractivity contribution in [1.82, 2.24) is 5.32 Å². The topological polar surface area (TPSA) is 12.0 Å². The van der Waals surface area contributed by atoms with E-state index in [0.29, 0.717) is 0 Å². The lowest BCUT2D eigenvalue weighted by molar-refractivity contribution is 0.551. The monoisotopic (exact) mass is 229 g/mol.